The minimum atomic E-state index is -0.741. The van der Waals surface area contributed by atoms with E-state index < -0.39 is 11.9 Å². The van der Waals surface area contributed by atoms with Gasteiger partial charge in [-0.05, 0) is 36.6 Å². The molecule has 0 amide bonds. The van der Waals surface area contributed by atoms with Crippen LogP contribution in [0.15, 0.2) is 22.7 Å². The number of Topliss-reactive ketones (excluding diaryl/α,β-unsaturated/α-hetero) is 1. The van der Waals surface area contributed by atoms with Crippen molar-refractivity contribution in [3.05, 3.63) is 33.8 Å². The van der Waals surface area contributed by atoms with E-state index in [-0.39, 0.29) is 11.7 Å². The lowest BCUT2D eigenvalue weighted by molar-refractivity contribution is -0.144. The van der Waals surface area contributed by atoms with Gasteiger partial charge < -0.3 is 4.74 Å². The molecular weight excluding hydrogens is 296 g/mol. The smallest absolute Gasteiger partial charge is 0.316 e. The quantitative estimate of drug-likeness (QED) is 0.486. The summed E-state index contributed by atoms with van der Waals surface area (Å²) in [6.07, 6.45) is 0. The predicted molar refractivity (Wildman–Crippen MR) is 73.6 cm³/mol. The lowest BCUT2D eigenvalue weighted by Gasteiger charge is -2.18. The van der Waals surface area contributed by atoms with Crippen LogP contribution in [0.2, 0.25) is 0 Å². The Labute approximate surface area is 116 Å². The van der Waals surface area contributed by atoms with Crippen LogP contribution < -0.4 is 0 Å². The van der Waals surface area contributed by atoms with Gasteiger partial charge in [0.2, 0.25) is 0 Å². The Bertz CT molecular complexity index is 466. The Morgan fingerprint density at radius 2 is 1.89 bits per heavy atom. The summed E-state index contributed by atoms with van der Waals surface area (Å²) in [4.78, 5) is 24.1. The number of methoxy groups -OCH3 is 1. The first-order valence-corrected chi connectivity index (χ1v) is 6.56. The average molecular weight is 313 g/mol. The van der Waals surface area contributed by atoms with E-state index in [9.17, 15) is 9.59 Å². The number of ketones is 1. The molecule has 1 atom stereocenters. The molecule has 0 saturated carbocycles. The highest BCUT2D eigenvalue weighted by molar-refractivity contribution is 9.10. The summed E-state index contributed by atoms with van der Waals surface area (Å²) in [6.45, 7) is 5.54. The Morgan fingerprint density at radius 1 is 1.28 bits per heavy atom. The van der Waals surface area contributed by atoms with Crippen molar-refractivity contribution in [3.63, 3.8) is 0 Å². The van der Waals surface area contributed by atoms with Crippen molar-refractivity contribution in [2.45, 2.75) is 20.8 Å². The zero-order valence-electron chi connectivity index (χ0n) is 11.0. The highest BCUT2D eigenvalue weighted by atomic mass is 79.9. The first kappa shape index (κ1) is 14.9. The zero-order valence-corrected chi connectivity index (χ0v) is 12.6. The minimum absolute atomic E-state index is 0.0898. The molecule has 0 heterocycles. The van der Waals surface area contributed by atoms with Crippen LogP contribution in [-0.2, 0) is 9.53 Å². The predicted octanol–water partition coefficient (Wildman–Crippen LogP) is 3.39. The molecule has 0 bridgehead atoms. The third-order valence-corrected chi connectivity index (χ3v) is 3.35. The van der Waals surface area contributed by atoms with Gasteiger partial charge in [0.25, 0.3) is 0 Å². The maximum atomic E-state index is 12.4. The Kier molecular flexibility index (Phi) is 5.08. The van der Waals surface area contributed by atoms with Gasteiger partial charge in [0, 0.05) is 10.0 Å². The number of carbonyl (C=O) groups is 2. The van der Waals surface area contributed by atoms with Gasteiger partial charge in [0.1, 0.15) is 5.92 Å². The molecule has 0 spiro atoms. The van der Waals surface area contributed by atoms with Crippen LogP contribution in [0.5, 0.6) is 0 Å². The van der Waals surface area contributed by atoms with Gasteiger partial charge in [-0.2, -0.15) is 0 Å². The van der Waals surface area contributed by atoms with Gasteiger partial charge >= 0.3 is 5.97 Å². The highest BCUT2D eigenvalue weighted by Crippen LogP contribution is 2.23. The molecule has 0 fully saturated rings. The largest absolute Gasteiger partial charge is 0.468 e. The molecule has 0 aromatic heterocycles. The topological polar surface area (TPSA) is 43.4 Å². The molecular formula is C14H17BrO3. The van der Waals surface area contributed by atoms with Gasteiger partial charge in [0.05, 0.1) is 7.11 Å². The number of benzene rings is 1. The number of ether oxygens (including phenoxy) is 1. The SMILES string of the molecule is COC(=O)C(C(=O)c1ccc(Br)cc1C)C(C)C. The van der Waals surface area contributed by atoms with Crippen molar-refractivity contribution < 1.29 is 14.3 Å². The number of rotatable bonds is 4. The van der Waals surface area contributed by atoms with E-state index in [1.54, 1.807) is 12.1 Å². The van der Waals surface area contributed by atoms with Crippen molar-refractivity contribution >= 4 is 27.7 Å². The second kappa shape index (κ2) is 6.14. The lowest BCUT2D eigenvalue weighted by atomic mass is 9.86. The van der Waals surface area contributed by atoms with Crippen LogP contribution in [-0.4, -0.2) is 18.9 Å². The highest BCUT2D eigenvalue weighted by Gasteiger charge is 2.32. The Balaban J connectivity index is 3.14. The molecule has 3 nitrogen and oxygen atoms in total. The Morgan fingerprint density at radius 3 is 2.33 bits per heavy atom. The van der Waals surface area contributed by atoms with Crippen LogP contribution >= 0.6 is 15.9 Å². The fourth-order valence-electron chi connectivity index (χ4n) is 1.88. The molecule has 1 rings (SSSR count). The van der Waals surface area contributed by atoms with Gasteiger partial charge in [-0.3, -0.25) is 9.59 Å². The van der Waals surface area contributed by atoms with Gasteiger partial charge in [-0.15, -0.1) is 0 Å². The first-order chi connectivity index (χ1) is 8.38. The third kappa shape index (κ3) is 3.19. The summed E-state index contributed by atoms with van der Waals surface area (Å²) in [7, 11) is 1.30. The van der Waals surface area contributed by atoms with E-state index in [0.29, 0.717) is 5.56 Å². The van der Waals surface area contributed by atoms with E-state index in [1.165, 1.54) is 7.11 Å². The number of hydrogen-bond donors (Lipinski definition) is 0. The standard InChI is InChI=1S/C14H17BrO3/c1-8(2)12(14(17)18-4)13(16)11-6-5-10(15)7-9(11)3/h5-8,12H,1-4H3. The maximum absolute atomic E-state index is 12.4. The molecule has 0 aliphatic carbocycles. The molecule has 98 valence electrons. The van der Waals surface area contributed by atoms with E-state index in [1.807, 2.05) is 26.8 Å². The number of hydrogen-bond acceptors (Lipinski definition) is 3. The molecule has 18 heavy (non-hydrogen) atoms. The van der Waals surface area contributed by atoms with Crippen LogP contribution in [0.3, 0.4) is 0 Å². The minimum Gasteiger partial charge on any atom is -0.468 e. The average Bonchev–Trinajstić information content (AvgIpc) is 2.28. The summed E-state index contributed by atoms with van der Waals surface area (Å²) >= 11 is 3.35. The fraction of sp³-hybridized carbons (Fsp3) is 0.429. The number of halogens is 1. The molecule has 0 saturated heterocycles. The van der Waals surface area contributed by atoms with E-state index in [4.69, 9.17) is 4.74 Å². The van der Waals surface area contributed by atoms with Crippen LogP contribution in [0.1, 0.15) is 29.8 Å². The number of aryl methyl sites for hydroxylation is 1. The van der Waals surface area contributed by atoms with Crippen molar-refractivity contribution in [3.8, 4) is 0 Å². The molecule has 1 aromatic rings. The zero-order chi connectivity index (χ0) is 13.9. The van der Waals surface area contributed by atoms with Crippen LogP contribution in [0.25, 0.3) is 0 Å². The molecule has 0 aliphatic heterocycles. The van der Waals surface area contributed by atoms with Gasteiger partial charge in [0.15, 0.2) is 5.78 Å². The van der Waals surface area contributed by atoms with Crippen LogP contribution in [0, 0.1) is 18.8 Å². The summed E-state index contributed by atoms with van der Waals surface area (Å²) in [6, 6.07) is 5.40. The molecule has 1 unspecified atom stereocenters. The van der Waals surface area contributed by atoms with Crippen molar-refractivity contribution in [2.75, 3.05) is 7.11 Å². The second-order valence-corrected chi connectivity index (χ2v) is 5.48. The molecule has 1 aromatic carbocycles. The monoisotopic (exact) mass is 312 g/mol. The normalized spacial score (nSPS) is 12.3. The second-order valence-electron chi connectivity index (χ2n) is 4.57. The summed E-state index contributed by atoms with van der Waals surface area (Å²) in [5.74, 6) is -1.48. The number of carbonyl (C=O) groups excluding carboxylic acids is 2. The van der Waals surface area contributed by atoms with E-state index in [0.717, 1.165) is 10.0 Å². The molecule has 0 N–H and O–H groups in total. The fourth-order valence-corrected chi connectivity index (χ4v) is 2.36. The molecule has 0 radical (unpaired) electrons. The third-order valence-electron chi connectivity index (χ3n) is 2.86. The number of esters is 1. The van der Waals surface area contributed by atoms with E-state index >= 15 is 0 Å². The molecule has 4 heteroatoms. The molecule has 0 aliphatic rings. The lowest BCUT2D eigenvalue weighted by Crippen LogP contribution is -2.30. The van der Waals surface area contributed by atoms with Gasteiger partial charge in [-0.1, -0.05) is 29.8 Å². The van der Waals surface area contributed by atoms with Crippen molar-refractivity contribution in [1.29, 1.82) is 0 Å². The summed E-state index contributed by atoms with van der Waals surface area (Å²) in [5.41, 5.74) is 1.42. The van der Waals surface area contributed by atoms with E-state index in [2.05, 4.69) is 15.9 Å². The maximum Gasteiger partial charge on any atom is 0.316 e. The first-order valence-electron chi connectivity index (χ1n) is 5.76. The van der Waals surface area contributed by atoms with Gasteiger partial charge in [-0.25, -0.2) is 0 Å². The Hall–Kier alpha value is -1.16. The summed E-state index contributed by atoms with van der Waals surface area (Å²) in [5, 5.41) is 0. The van der Waals surface area contributed by atoms with Crippen molar-refractivity contribution in [2.24, 2.45) is 11.8 Å². The van der Waals surface area contributed by atoms with Crippen molar-refractivity contribution in [1.82, 2.24) is 0 Å². The van der Waals surface area contributed by atoms with Crippen LogP contribution in [0.4, 0.5) is 0 Å². The summed E-state index contributed by atoms with van der Waals surface area (Å²) < 4.78 is 5.62.